The molecule has 1 heterocycles. The highest BCUT2D eigenvalue weighted by molar-refractivity contribution is 9.10. The number of likely N-dealkylation sites (tertiary alicyclic amines) is 1. The molecule has 26 heavy (non-hydrogen) atoms. The van der Waals surface area contributed by atoms with Crippen LogP contribution in [0.4, 0.5) is 5.69 Å². The summed E-state index contributed by atoms with van der Waals surface area (Å²) in [5, 5.41) is 2.96. The van der Waals surface area contributed by atoms with Gasteiger partial charge in [-0.3, -0.25) is 9.59 Å². The van der Waals surface area contributed by atoms with E-state index in [1.165, 1.54) is 0 Å². The number of rotatable bonds is 3. The smallest absolute Gasteiger partial charge is 0.253 e. The van der Waals surface area contributed by atoms with Crippen LogP contribution in [0.25, 0.3) is 0 Å². The van der Waals surface area contributed by atoms with Crippen molar-refractivity contribution in [1.82, 2.24) is 4.90 Å². The minimum absolute atomic E-state index is 0.0109. The van der Waals surface area contributed by atoms with Gasteiger partial charge in [-0.25, -0.2) is 0 Å². The standard InChI is InChI=1S/C21H23BrN2O2/c1-14-9-15(2)11-17(10-14)21(26)24-8-4-5-16(13-24)20(25)23-19-7-3-6-18(22)12-19/h3,6-7,9-12,16H,4-5,8,13H2,1-2H3,(H,23,25)/t16-/m0/s1. The van der Waals surface area contributed by atoms with Crippen molar-refractivity contribution in [3.05, 3.63) is 63.6 Å². The first kappa shape index (κ1) is 18.6. The van der Waals surface area contributed by atoms with Crippen LogP contribution in [-0.4, -0.2) is 29.8 Å². The van der Waals surface area contributed by atoms with Gasteiger partial charge in [0.2, 0.25) is 5.91 Å². The molecule has 2 aromatic rings. The number of carbonyl (C=O) groups is 2. The molecular formula is C21H23BrN2O2. The summed E-state index contributed by atoms with van der Waals surface area (Å²) in [7, 11) is 0. The summed E-state index contributed by atoms with van der Waals surface area (Å²) in [5.74, 6) is -0.199. The average molecular weight is 415 g/mol. The number of aryl methyl sites for hydroxylation is 2. The quantitative estimate of drug-likeness (QED) is 0.799. The van der Waals surface area contributed by atoms with Crippen LogP contribution >= 0.6 is 15.9 Å². The minimum atomic E-state index is -0.183. The zero-order valence-corrected chi connectivity index (χ0v) is 16.7. The van der Waals surface area contributed by atoms with Crippen molar-refractivity contribution in [3.8, 4) is 0 Å². The summed E-state index contributed by atoms with van der Waals surface area (Å²) in [4.78, 5) is 27.3. The molecule has 0 aromatic heterocycles. The maximum absolute atomic E-state index is 12.9. The topological polar surface area (TPSA) is 49.4 Å². The molecule has 0 unspecified atom stereocenters. The highest BCUT2D eigenvalue weighted by Gasteiger charge is 2.29. The summed E-state index contributed by atoms with van der Waals surface area (Å²) in [6, 6.07) is 13.4. The highest BCUT2D eigenvalue weighted by atomic mass is 79.9. The maximum Gasteiger partial charge on any atom is 0.253 e. The van der Waals surface area contributed by atoms with Crippen molar-refractivity contribution in [2.45, 2.75) is 26.7 Å². The predicted molar refractivity (Wildman–Crippen MR) is 107 cm³/mol. The van der Waals surface area contributed by atoms with Crippen LogP contribution in [0, 0.1) is 19.8 Å². The van der Waals surface area contributed by atoms with E-state index in [4.69, 9.17) is 0 Å². The predicted octanol–water partition coefficient (Wildman–Crippen LogP) is 4.56. The number of hydrogen-bond acceptors (Lipinski definition) is 2. The SMILES string of the molecule is Cc1cc(C)cc(C(=O)N2CCC[C@H](C(=O)Nc3cccc(Br)c3)C2)c1. The number of hydrogen-bond donors (Lipinski definition) is 1. The highest BCUT2D eigenvalue weighted by Crippen LogP contribution is 2.22. The molecule has 2 aromatic carbocycles. The number of halogens is 1. The van der Waals surface area contributed by atoms with Gasteiger partial charge in [0.1, 0.15) is 0 Å². The number of carbonyl (C=O) groups excluding carboxylic acids is 2. The monoisotopic (exact) mass is 414 g/mol. The average Bonchev–Trinajstić information content (AvgIpc) is 2.60. The van der Waals surface area contributed by atoms with Crippen molar-refractivity contribution in [2.24, 2.45) is 5.92 Å². The van der Waals surface area contributed by atoms with E-state index in [1.54, 1.807) is 0 Å². The minimum Gasteiger partial charge on any atom is -0.338 e. The lowest BCUT2D eigenvalue weighted by Crippen LogP contribution is -2.43. The molecule has 0 spiro atoms. The Balaban J connectivity index is 1.68. The van der Waals surface area contributed by atoms with Crippen LogP contribution in [0.3, 0.4) is 0 Å². The van der Waals surface area contributed by atoms with E-state index < -0.39 is 0 Å². The van der Waals surface area contributed by atoms with Gasteiger partial charge < -0.3 is 10.2 Å². The molecule has 0 radical (unpaired) electrons. The summed E-state index contributed by atoms with van der Waals surface area (Å²) in [5.41, 5.74) is 3.63. The normalized spacial score (nSPS) is 17.0. The summed E-state index contributed by atoms with van der Waals surface area (Å²) in [6.45, 7) is 5.15. The van der Waals surface area contributed by atoms with Gasteiger partial charge >= 0.3 is 0 Å². The van der Waals surface area contributed by atoms with Crippen molar-refractivity contribution < 1.29 is 9.59 Å². The second-order valence-corrected chi connectivity index (χ2v) is 7.88. The Morgan fingerprint density at radius 1 is 1.12 bits per heavy atom. The van der Waals surface area contributed by atoms with E-state index in [1.807, 2.05) is 55.1 Å². The molecule has 0 bridgehead atoms. The first-order valence-electron chi connectivity index (χ1n) is 8.86. The van der Waals surface area contributed by atoms with E-state index >= 15 is 0 Å². The summed E-state index contributed by atoms with van der Waals surface area (Å²) < 4.78 is 0.922. The third-order valence-electron chi connectivity index (χ3n) is 4.64. The Labute approximate surface area is 162 Å². The fraction of sp³-hybridized carbons (Fsp3) is 0.333. The molecule has 1 aliphatic heterocycles. The van der Waals surface area contributed by atoms with Gasteiger partial charge in [-0.2, -0.15) is 0 Å². The molecule has 1 N–H and O–H groups in total. The van der Waals surface area contributed by atoms with E-state index in [0.29, 0.717) is 18.7 Å². The van der Waals surface area contributed by atoms with Crippen LogP contribution in [0.5, 0.6) is 0 Å². The van der Waals surface area contributed by atoms with Crippen LogP contribution in [0.2, 0.25) is 0 Å². The fourth-order valence-electron chi connectivity index (χ4n) is 3.47. The van der Waals surface area contributed by atoms with Crippen LogP contribution < -0.4 is 5.32 Å². The van der Waals surface area contributed by atoms with E-state index in [9.17, 15) is 9.59 Å². The Morgan fingerprint density at radius 2 is 1.85 bits per heavy atom. The Bertz CT molecular complexity index is 814. The number of piperidine rings is 1. The molecule has 3 rings (SSSR count). The van der Waals surface area contributed by atoms with Gasteiger partial charge in [-0.1, -0.05) is 39.2 Å². The Hall–Kier alpha value is -2.14. The largest absolute Gasteiger partial charge is 0.338 e. The zero-order valence-electron chi connectivity index (χ0n) is 15.1. The lowest BCUT2D eigenvalue weighted by Gasteiger charge is -2.32. The molecule has 1 fully saturated rings. The molecule has 2 amide bonds. The van der Waals surface area contributed by atoms with Crippen molar-refractivity contribution in [1.29, 1.82) is 0 Å². The second kappa shape index (κ2) is 8.04. The maximum atomic E-state index is 12.9. The Kier molecular flexibility index (Phi) is 5.77. The molecule has 136 valence electrons. The van der Waals surface area contributed by atoms with Crippen molar-refractivity contribution in [2.75, 3.05) is 18.4 Å². The van der Waals surface area contributed by atoms with Gasteiger partial charge in [0.05, 0.1) is 5.92 Å². The van der Waals surface area contributed by atoms with Crippen LogP contribution in [0.1, 0.15) is 34.3 Å². The molecule has 1 aliphatic rings. The number of nitrogens with one attached hydrogen (secondary N) is 1. The van der Waals surface area contributed by atoms with E-state index in [2.05, 4.69) is 27.3 Å². The number of benzene rings is 2. The second-order valence-electron chi connectivity index (χ2n) is 6.97. The number of nitrogens with zero attached hydrogens (tertiary/aromatic N) is 1. The molecule has 5 heteroatoms. The van der Waals surface area contributed by atoms with Crippen LogP contribution in [-0.2, 0) is 4.79 Å². The first-order valence-corrected chi connectivity index (χ1v) is 9.65. The van der Waals surface area contributed by atoms with Gasteiger partial charge in [-0.05, 0) is 57.0 Å². The van der Waals surface area contributed by atoms with Gasteiger partial charge in [0, 0.05) is 28.8 Å². The molecule has 0 saturated carbocycles. The first-order chi connectivity index (χ1) is 12.4. The molecule has 1 atom stereocenters. The van der Waals surface area contributed by atoms with Gasteiger partial charge in [0.15, 0.2) is 0 Å². The number of amides is 2. The van der Waals surface area contributed by atoms with Crippen molar-refractivity contribution in [3.63, 3.8) is 0 Å². The van der Waals surface area contributed by atoms with Gasteiger partial charge in [0.25, 0.3) is 5.91 Å². The van der Waals surface area contributed by atoms with Gasteiger partial charge in [-0.15, -0.1) is 0 Å². The van der Waals surface area contributed by atoms with Crippen molar-refractivity contribution >= 4 is 33.4 Å². The van der Waals surface area contributed by atoms with E-state index in [-0.39, 0.29) is 17.7 Å². The molecular weight excluding hydrogens is 392 g/mol. The molecule has 4 nitrogen and oxygen atoms in total. The molecule has 1 saturated heterocycles. The third kappa shape index (κ3) is 4.52. The number of anilines is 1. The summed E-state index contributed by atoms with van der Waals surface area (Å²) >= 11 is 3.41. The Morgan fingerprint density at radius 3 is 2.54 bits per heavy atom. The third-order valence-corrected chi connectivity index (χ3v) is 5.13. The van der Waals surface area contributed by atoms with Crippen LogP contribution in [0.15, 0.2) is 46.9 Å². The molecule has 0 aliphatic carbocycles. The zero-order chi connectivity index (χ0) is 18.7. The fourth-order valence-corrected chi connectivity index (χ4v) is 3.87. The lowest BCUT2D eigenvalue weighted by molar-refractivity contribution is -0.121. The lowest BCUT2D eigenvalue weighted by atomic mass is 9.96. The summed E-state index contributed by atoms with van der Waals surface area (Å²) in [6.07, 6.45) is 1.64. The van der Waals surface area contributed by atoms with E-state index in [0.717, 1.165) is 34.1 Å².